The van der Waals surface area contributed by atoms with Crippen LogP contribution in [0.4, 0.5) is 0 Å². The Bertz CT molecular complexity index is 103. The van der Waals surface area contributed by atoms with Gasteiger partial charge in [0.25, 0.3) is 0 Å². The average Bonchev–Trinajstić information content (AvgIpc) is 2.06. The molecule has 72 valence electrons. The fourth-order valence-electron chi connectivity index (χ4n) is 1.77. The first-order valence-corrected chi connectivity index (χ1v) is 4.90. The summed E-state index contributed by atoms with van der Waals surface area (Å²) in [6.45, 7) is 6.94. The van der Waals surface area contributed by atoms with Gasteiger partial charge >= 0.3 is 0 Å². The van der Waals surface area contributed by atoms with Gasteiger partial charge in [0.05, 0.1) is 6.10 Å². The molecule has 0 saturated carbocycles. The number of likely N-dealkylation sites (tertiary alicyclic amines) is 1. The quantitative estimate of drug-likeness (QED) is 0.669. The van der Waals surface area contributed by atoms with Crippen LogP contribution in [-0.4, -0.2) is 43.8 Å². The summed E-state index contributed by atoms with van der Waals surface area (Å²) in [7, 11) is 0. The fraction of sp³-hybridized carbons (Fsp3) is 1.00. The van der Waals surface area contributed by atoms with E-state index < -0.39 is 0 Å². The van der Waals surface area contributed by atoms with E-state index in [4.69, 9.17) is 10.5 Å². The molecule has 1 unspecified atom stereocenters. The topological polar surface area (TPSA) is 38.5 Å². The summed E-state index contributed by atoms with van der Waals surface area (Å²) in [6.07, 6.45) is 2.93. The first-order valence-electron chi connectivity index (χ1n) is 4.90. The Hall–Kier alpha value is -0.120. The minimum absolute atomic E-state index is 0.454. The van der Waals surface area contributed by atoms with Crippen molar-refractivity contribution < 1.29 is 4.74 Å². The Morgan fingerprint density at radius 3 is 3.08 bits per heavy atom. The van der Waals surface area contributed by atoms with Crippen LogP contribution in [0.3, 0.4) is 0 Å². The average molecular weight is 172 g/mol. The number of hydrogen-bond acceptors (Lipinski definition) is 3. The molecule has 1 heterocycles. The van der Waals surface area contributed by atoms with Gasteiger partial charge in [-0.15, -0.1) is 0 Å². The fourth-order valence-corrected chi connectivity index (χ4v) is 1.77. The van der Waals surface area contributed by atoms with Crippen molar-refractivity contribution in [2.24, 2.45) is 5.73 Å². The van der Waals surface area contributed by atoms with Crippen molar-refractivity contribution in [1.82, 2.24) is 4.90 Å². The van der Waals surface area contributed by atoms with Crippen molar-refractivity contribution in [1.29, 1.82) is 0 Å². The Labute approximate surface area is 74.9 Å². The van der Waals surface area contributed by atoms with Gasteiger partial charge in [-0.3, -0.25) is 4.90 Å². The van der Waals surface area contributed by atoms with Crippen LogP contribution >= 0.6 is 0 Å². The lowest BCUT2D eigenvalue weighted by molar-refractivity contribution is 0.00690. The van der Waals surface area contributed by atoms with E-state index >= 15 is 0 Å². The van der Waals surface area contributed by atoms with Crippen molar-refractivity contribution in [2.45, 2.75) is 25.9 Å². The first-order chi connectivity index (χ1) is 5.86. The maximum Gasteiger partial charge on any atom is 0.0702 e. The number of nitrogens with two attached hydrogens (primary N) is 1. The standard InChI is InChI=1S/C9H20N2O/c1-2-12-9-4-3-6-11(8-9)7-5-10/h9H,2-8,10H2,1H3. The zero-order chi connectivity index (χ0) is 8.81. The highest BCUT2D eigenvalue weighted by molar-refractivity contribution is 4.73. The van der Waals surface area contributed by atoms with Crippen LogP contribution < -0.4 is 5.73 Å². The summed E-state index contributed by atoms with van der Waals surface area (Å²) >= 11 is 0. The molecule has 1 atom stereocenters. The van der Waals surface area contributed by atoms with E-state index in [9.17, 15) is 0 Å². The van der Waals surface area contributed by atoms with Crippen LogP contribution in [0, 0.1) is 0 Å². The van der Waals surface area contributed by atoms with Gasteiger partial charge in [-0.2, -0.15) is 0 Å². The Balaban J connectivity index is 2.20. The highest BCUT2D eigenvalue weighted by Gasteiger charge is 2.18. The normalized spacial score (nSPS) is 26.0. The van der Waals surface area contributed by atoms with Gasteiger partial charge in [-0.1, -0.05) is 0 Å². The largest absolute Gasteiger partial charge is 0.377 e. The molecule has 3 heteroatoms. The SMILES string of the molecule is CCOC1CCCN(CCN)C1. The van der Waals surface area contributed by atoms with Crippen molar-refractivity contribution in [3.8, 4) is 0 Å². The van der Waals surface area contributed by atoms with E-state index in [1.807, 2.05) is 0 Å². The molecule has 1 saturated heterocycles. The van der Waals surface area contributed by atoms with Crippen LogP contribution in [0.2, 0.25) is 0 Å². The number of rotatable bonds is 4. The molecule has 12 heavy (non-hydrogen) atoms. The molecule has 2 N–H and O–H groups in total. The molecule has 0 aromatic rings. The Morgan fingerprint density at radius 1 is 1.58 bits per heavy atom. The summed E-state index contributed by atoms with van der Waals surface area (Å²) < 4.78 is 5.58. The maximum absolute atomic E-state index is 5.58. The summed E-state index contributed by atoms with van der Waals surface area (Å²) in [6, 6.07) is 0. The lowest BCUT2D eigenvalue weighted by atomic mass is 10.1. The third-order valence-corrected chi connectivity index (χ3v) is 2.31. The Morgan fingerprint density at radius 2 is 2.42 bits per heavy atom. The van der Waals surface area contributed by atoms with Gasteiger partial charge in [0.2, 0.25) is 0 Å². The van der Waals surface area contributed by atoms with Gasteiger partial charge < -0.3 is 10.5 Å². The van der Waals surface area contributed by atoms with Gasteiger partial charge in [-0.05, 0) is 26.3 Å². The van der Waals surface area contributed by atoms with E-state index in [1.54, 1.807) is 0 Å². The molecular formula is C9H20N2O. The van der Waals surface area contributed by atoms with E-state index in [2.05, 4.69) is 11.8 Å². The Kier molecular flexibility index (Phi) is 4.58. The van der Waals surface area contributed by atoms with E-state index in [0.717, 1.165) is 26.2 Å². The molecule has 3 nitrogen and oxygen atoms in total. The molecule has 0 spiro atoms. The smallest absolute Gasteiger partial charge is 0.0702 e. The highest BCUT2D eigenvalue weighted by atomic mass is 16.5. The van der Waals surface area contributed by atoms with Crippen LogP contribution in [0.25, 0.3) is 0 Å². The van der Waals surface area contributed by atoms with Crippen molar-refractivity contribution in [3.63, 3.8) is 0 Å². The molecule has 0 aliphatic carbocycles. The van der Waals surface area contributed by atoms with Crippen LogP contribution in [0.5, 0.6) is 0 Å². The number of ether oxygens (including phenoxy) is 1. The lowest BCUT2D eigenvalue weighted by Crippen LogP contribution is -2.41. The molecule has 1 fully saturated rings. The molecule has 0 aromatic heterocycles. The van der Waals surface area contributed by atoms with Crippen molar-refractivity contribution >= 4 is 0 Å². The second-order valence-electron chi connectivity index (χ2n) is 3.31. The second-order valence-corrected chi connectivity index (χ2v) is 3.31. The van der Waals surface area contributed by atoms with E-state index in [-0.39, 0.29) is 0 Å². The van der Waals surface area contributed by atoms with Crippen LogP contribution in [0.1, 0.15) is 19.8 Å². The van der Waals surface area contributed by atoms with E-state index in [1.165, 1.54) is 19.4 Å². The van der Waals surface area contributed by atoms with E-state index in [0.29, 0.717) is 6.10 Å². The molecule has 1 aliphatic rings. The molecule has 0 bridgehead atoms. The minimum Gasteiger partial charge on any atom is -0.377 e. The lowest BCUT2D eigenvalue weighted by Gasteiger charge is -2.31. The molecular weight excluding hydrogens is 152 g/mol. The summed E-state index contributed by atoms with van der Waals surface area (Å²) in [5.74, 6) is 0. The second kappa shape index (κ2) is 5.51. The third-order valence-electron chi connectivity index (χ3n) is 2.31. The monoisotopic (exact) mass is 172 g/mol. The molecule has 0 amide bonds. The highest BCUT2D eigenvalue weighted by Crippen LogP contribution is 2.12. The summed E-state index contributed by atoms with van der Waals surface area (Å²) in [4.78, 5) is 2.39. The minimum atomic E-state index is 0.454. The molecule has 0 radical (unpaired) electrons. The van der Waals surface area contributed by atoms with Crippen molar-refractivity contribution in [2.75, 3.05) is 32.8 Å². The molecule has 1 rings (SSSR count). The molecule has 0 aromatic carbocycles. The van der Waals surface area contributed by atoms with Gasteiger partial charge in [-0.25, -0.2) is 0 Å². The zero-order valence-electron chi connectivity index (χ0n) is 7.96. The van der Waals surface area contributed by atoms with Crippen molar-refractivity contribution in [3.05, 3.63) is 0 Å². The summed E-state index contributed by atoms with van der Waals surface area (Å²) in [5, 5.41) is 0. The third kappa shape index (κ3) is 3.09. The predicted molar refractivity (Wildman–Crippen MR) is 50.1 cm³/mol. The molecule has 1 aliphatic heterocycles. The van der Waals surface area contributed by atoms with Crippen LogP contribution in [-0.2, 0) is 4.74 Å². The number of hydrogen-bond donors (Lipinski definition) is 1. The van der Waals surface area contributed by atoms with Crippen LogP contribution in [0.15, 0.2) is 0 Å². The zero-order valence-corrected chi connectivity index (χ0v) is 7.96. The predicted octanol–water partition coefficient (Wildman–Crippen LogP) is 0.446. The number of nitrogens with zero attached hydrogens (tertiary/aromatic N) is 1. The van der Waals surface area contributed by atoms with Gasteiger partial charge in [0.1, 0.15) is 0 Å². The number of piperidine rings is 1. The first kappa shape index (κ1) is 9.96. The van der Waals surface area contributed by atoms with Gasteiger partial charge in [0, 0.05) is 26.2 Å². The van der Waals surface area contributed by atoms with Gasteiger partial charge in [0.15, 0.2) is 0 Å². The summed E-state index contributed by atoms with van der Waals surface area (Å²) in [5.41, 5.74) is 5.50. The maximum atomic E-state index is 5.58.